The molecule has 0 saturated heterocycles. The van der Waals surface area contributed by atoms with Crippen LogP contribution in [0.15, 0.2) is 75.7 Å². The second-order valence-electron chi connectivity index (χ2n) is 9.80. The van der Waals surface area contributed by atoms with Crippen LogP contribution in [0.2, 0.25) is 5.02 Å². The first-order chi connectivity index (χ1) is 19.8. The van der Waals surface area contributed by atoms with Crippen molar-refractivity contribution in [3.8, 4) is 5.75 Å². The lowest BCUT2D eigenvalue weighted by Crippen LogP contribution is -2.43. The summed E-state index contributed by atoms with van der Waals surface area (Å²) in [7, 11) is 1.57. The third-order valence-electron chi connectivity index (χ3n) is 7.66. The van der Waals surface area contributed by atoms with Crippen LogP contribution in [-0.2, 0) is 9.59 Å². The van der Waals surface area contributed by atoms with Gasteiger partial charge in [0.05, 0.1) is 24.0 Å². The van der Waals surface area contributed by atoms with Gasteiger partial charge in [0.15, 0.2) is 4.80 Å². The maximum Gasteiger partial charge on any atom is 0.271 e. The lowest BCUT2D eigenvalue weighted by atomic mass is 9.90. The summed E-state index contributed by atoms with van der Waals surface area (Å²) >= 11 is 7.40. The molecule has 2 aliphatic rings. The summed E-state index contributed by atoms with van der Waals surface area (Å²) in [5, 5.41) is 5.08. The van der Waals surface area contributed by atoms with Crippen molar-refractivity contribution in [2.24, 2.45) is 4.99 Å². The first-order valence-corrected chi connectivity index (χ1v) is 14.5. The fourth-order valence-corrected chi connectivity index (χ4v) is 7.01. The lowest BCUT2D eigenvalue weighted by molar-refractivity contribution is -0.127. The van der Waals surface area contributed by atoms with Crippen LogP contribution < -0.4 is 24.9 Å². The van der Waals surface area contributed by atoms with Crippen molar-refractivity contribution >= 4 is 56.8 Å². The van der Waals surface area contributed by atoms with Gasteiger partial charge in [-0.15, -0.1) is 0 Å². The number of hydrogen-bond donors (Lipinski definition) is 1. The zero-order valence-electron chi connectivity index (χ0n) is 22.9. The molecule has 3 heterocycles. The predicted molar refractivity (Wildman–Crippen MR) is 161 cm³/mol. The van der Waals surface area contributed by atoms with E-state index < -0.39 is 11.6 Å². The molecule has 8 nitrogen and oxygen atoms in total. The minimum absolute atomic E-state index is 0.204. The number of fused-ring (bicyclic) bond motifs is 3. The highest BCUT2D eigenvalue weighted by atomic mass is 35.5. The highest BCUT2D eigenvalue weighted by Gasteiger charge is 2.38. The van der Waals surface area contributed by atoms with Gasteiger partial charge in [-0.1, -0.05) is 53.3 Å². The summed E-state index contributed by atoms with van der Waals surface area (Å²) in [6.07, 6.45) is 0. The van der Waals surface area contributed by atoms with Crippen LogP contribution in [0.3, 0.4) is 0 Å². The predicted octanol–water partition coefficient (Wildman–Crippen LogP) is 4.24. The Balaban J connectivity index is 1.73. The topological polar surface area (TPSA) is 93.0 Å². The molecule has 0 fully saturated rings. The summed E-state index contributed by atoms with van der Waals surface area (Å²) in [5.41, 5.74) is 2.57. The average molecular weight is 587 g/mol. The fourth-order valence-electron chi connectivity index (χ4n) is 5.70. The molecule has 2 amide bonds. The van der Waals surface area contributed by atoms with Gasteiger partial charge in [0.1, 0.15) is 16.3 Å². The number of hydrogen-bond acceptors (Lipinski definition) is 6. The largest absolute Gasteiger partial charge is 0.496 e. The number of carbonyl (C=O) groups is 2. The van der Waals surface area contributed by atoms with Crippen molar-refractivity contribution in [1.82, 2.24) is 9.47 Å². The minimum Gasteiger partial charge on any atom is -0.496 e. The molecule has 2 aliphatic heterocycles. The number of carbonyl (C=O) groups excluding carboxylic acids is 2. The van der Waals surface area contributed by atoms with Crippen molar-refractivity contribution in [2.45, 2.75) is 26.8 Å². The molecule has 0 unspecified atom stereocenters. The Morgan fingerprint density at radius 3 is 2.61 bits per heavy atom. The average Bonchev–Trinajstić information content (AvgIpc) is 3.46. The number of allylic oxidation sites excluding steroid dienone is 1. The number of aromatic nitrogens is 1. The van der Waals surface area contributed by atoms with Crippen molar-refractivity contribution in [3.05, 3.63) is 102 Å². The number of ether oxygens (including phenoxy) is 1. The van der Waals surface area contributed by atoms with E-state index in [2.05, 4.69) is 5.32 Å². The third kappa shape index (κ3) is 4.19. The van der Waals surface area contributed by atoms with Gasteiger partial charge in [-0.3, -0.25) is 19.0 Å². The van der Waals surface area contributed by atoms with Gasteiger partial charge in [-0.25, -0.2) is 4.99 Å². The maximum absolute atomic E-state index is 14.4. The smallest absolute Gasteiger partial charge is 0.271 e. The van der Waals surface area contributed by atoms with Gasteiger partial charge >= 0.3 is 0 Å². The lowest BCUT2D eigenvalue weighted by Gasteiger charge is -2.30. The van der Waals surface area contributed by atoms with Gasteiger partial charge in [0, 0.05) is 34.9 Å². The summed E-state index contributed by atoms with van der Waals surface area (Å²) < 4.78 is 7.62. The quantitative estimate of drug-likeness (QED) is 0.379. The summed E-state index contributed by atoms with van der Waals surface area (Å²) in [6, 6.07) is 15.9. The van der Waals surface area contributed by atoms with E-state index in [0.717, 1.165) is 22.1 Å². The molecule has 1 atom stereocenters. The van der Waals surface area contributed by atoms with E-state index in [9.17, 15) is 14.4 Å². The van der Waals surface area contributed by atoms with E-state index in [1.54, 1.807) is 37.1 Å². The highest BCUT2D eigenvalue weighted by Crippen LogP contribution is 2.41. The number of amides is 2. The number of thiazole rings is 1. The molecular formula is C31H27ClN4O4S. The van der Waals surface area contributed by atoms with E-state index in [1.807, 2.05) is 50.2 Å². The van der Waals surface area contributed by atoms with Gasteiger partial charge in [0.2, 0.25) is 0 Å². The molecule has 4 aromatic rings. The second-order valence-corrected chi connectivity index (χ2v) is 11.2. The Kier molecular flexibility index (Phi) is 6.79. The normalized spacial score (nSPS) is 17.2. The molecule has 6 rings (SSSR count). The van der Waals surface area contributed by atoms with Gasteiger partial charge in [-0.2, -0.15) is 0 Å². The van der Waals surface area contributed by atoms with Crippen LogP contribution >= 0.6 is 22.9 Å². The maximum atomic E-state index is 14.4. The third-order valence-corrected chi connectivity index (χ3v) is 8.94. The van der Waals surface area contributed by atoms with Crippen LogP contribution in [0.25, 0.3) is 16.3 Å². The molecule has 3 aromatic carbocycles. The van der Waals surface area contributed by atoms with Crippen molar-refractivity contribution in [3.63, 3.8) is 0 Å². The van der Waals surface area contributed by atoms with Crippen molar-refractivity contribution in [2.75, 3.05) is 25.5 Å². The highest BCUT2D eigenvalue weighted by molar-refractivity contribution is 7.07. The number of anilines is 1. The Morgan fingerprint density at radius 1 is 1.12 bits per heavy atom. The zero-order valence-corrected chi connectivity index (χ0v) is 24.5. The molecular weight excluding hydrogens is 560 g/mol. The molecule has 0 saturated carbocycles. The molecule has 0 spiro atoms. The van der Waals surface area contributed by atoms with Crippen LogP contribution in [0.1, 0.15) is 37.9 Å². The first kappa shape index (κ1) is 27.0. The Bertz CT molecular complexity index is 1990. The SMILES string of the molecule is CCN(CC)C(=O)C1=C(C)N=c2s/c(=C3/C(=O)Nc4ccc(Cl)cc43)c(=O)n2[C@H]1c1c(OC)ccc2ccccc12. The number of nitrogens with one attached hydrogen (secondary N) is 1. The molecule has 1 aromatic heterocycles. The number of benzene rings is 3. The van der Waals surface area contributed by atoms with E-state index >= 15 is 0 Å². The number of rotatable bonds is 5. The van der Waals surface area contributed by atoms with Gasteiger partial charge in [0.25, 0.3) is 17.4 Å². The Morgan fingerprint density at radius 2 is 1.88 bits per heavy atom. The van der Waals surface area contributed by atoms with Gasteiger partial charge < -0.3 is 15.0 Å². The number of likely N-dealkylation sites (N-methyl/N-ethyl adjacent to an activating group) is 1. The Labute approximate surface area is 244 Å². The second kappa shape index (κ2) is 10.3. The van der Waals surface area contributed by atoms with Crippen LogP contribution in [0.4, 0.5) is 5.69 Å². The van der Waals surface area contributed by atoms with E-state index in [4.69, 9.17) is 21.3 Å². The standard InChI is InChI=1S/C31H27ClN4O4S/c1-5-35(6-2)29(38)23-16(3)33-31-36(26(23)24-19-10-8-7-9-17(19)11-14-22(24)40-4)30(39)27(41-31)25-20-15-18(32)12-13-21(20)34-28(25)37/h7-15,26H,5-6H2,1-4H3,(H,34,37)/b27-25+/t26-/m1/s1. The number of halogens is 1. The molecule has 0 aliphatic carbocycles. The number of methoxy groups -OCH3 is 1. The Hall–Kier alpha value is -4.21. The molecule has 0 bridgehead atoms. The first-order valence-electron chi connectivity index (χ1n) is 13.3. The summed E-state index contributed by atoms with van der Waals surface area (Å²) in [5.74, 6) is -0.0471. The zero-order chi connectivity index (χ0) is 29.0. The number of nitrogens with zero attached hydrogens (tertiary/aromatic N) is 3. The van der Waals surface area contributed by atoms with E-state index in [1.165, 1.54) is 4.57 Å². The molecule has 1 N–H and O–H groups in total. The van der Waals surface area contributed by atoms with Crippen LogP contribution in [0, 0.1) is 0 Å². The minimum atomic E-state index is -0.835. The summed E-state index contributed by atoms with van der Waals surface area (Å²) in [4.78, 5) is 48.6. The summed E-state index contributed by atoms with van der Waals surface area (Å²) in [6.45, 7) is 6.63. The molecule has 41 heavy (non-hydrogen) atoms. The monoisotopic (exact) mass is 586 g/mol. The van der Waals surface area contributed by atoms with Crippen molar-refractivity contribution in [1.29, 1.82) is 0 Å². The molecule has 0 radical (unpaired) electrons. The van der Waals surface area contributed by atoms with Gasteiger partial charge in [-0.05, 0) is 55.8 Å². The van der Waals surface area contributed by atoms with Crippen LogP contribution in [0.5, 0.6) is 5.75 Å². The molecule has 208 valence electrons. The van der Waals surface area contributed by atoms with E-state index in [0.29, 0.717) is 56.7 Å². The molecule has 10 heteroatoms. The van der Waals surface area contributed by atoms with Crippen molar-refractivity contribution < 1.29 is 14.3 Å². The van der Waals surface area contributed by atoms with Crippen LogP contribution in [-0.4, -0.2) is 41.5 Å². The van der Waals surface area contributed by atoms with E-state index in [-0.39, 0.29) is 21.9 Å². The fraction of sp³-hybridized carbons (Fsp3) is 0.226.